The van der Waals surface area contributed by atoms with Crippen molar-refractivity contribution < 1.29 is 18.7 Å². The zero-order chi connectivity index (χ0) is 25.2. The summed E-state index contributed by atoms with van der Waals surface area (Å²) in [6, 6.07) is 12.0. The zero-order valence-electron chi connectivity index (χ0n) is 22.3. The summed E-state index contributed by atoms with van der Waals surface area (Å²) < 4.78 is 17.6. The molecule has 1 aliphatic rings. The van der Waals surface area contributed by atoms with Gasteiger partial charge in [0.25, 0.3) is 0 Å². The molecule has 0 radical (unpaired) electrons. The summed E-state index contributed by atoms with van der Waals surface area (Å²) in [6.45, 7) is 12.3. The maximum absolute atomic E-state index is 12.0. The Morgan fingerprint density at radius 1 is 0.914 bits per heavy atom. The van der Waals surface area contributed by atoms with E-state index in [1.165, 1.54) is 43.9 Å². The van der Waals surface area contributed by atoms with E-state index >= 15 is 0 Å². The van der Waals surface area contributed by atoms with Crippen molar-refractivity contribution in [2.45, 2.75) is 90.4 Å². The molecule has 0 atom stereocenters. The largest absolute Gasteiger partial charge is 0.493 e. The molecule has 0 fully saturated rings. The Balaban J connectivity index is 1.76. The van der Waals surface area contributed by atoms with E-state index < -0.39 is 0 Å². The molecule has 0 spiro atoms. The quantitative estimate of drug-likeness (QED) is 0.229. The summed E-state index contributed by atoms with van der Waals surface area (Å²) in [4.78, 5) is 12.0. The molecule has 2 aromatic carbocycles. The molecule has 4 heteroatoms. The minimum atomic E-state index is -0.348. The van der Waals surface area contributed by atoms with E-state index in [0.717, 1.165) is 47.3 Å². The van der Waals surface area contributed by atoms with Gasteiger partial charge in [0.05, 0.1) is 24.8 Å². The van der Waals surface area contributed by atoms with Gasteiger partial charge < -0.3 is 13.9 Å². The van der Waals surface area contributed by atoms with Crippen molar-refractivity contribution in [1.29, 1.82) is 0 Å². The fraction of sp³-hybridized carbons (Fsp3) is 0.516. The smallest absolute Gasteiger partial charge is 0.337 e. The van der Waals surface area contributed by atoms with Crippen LogP contribution in [0.1, 0.15) is 101 Å². The van der Waals surface area contributed by atoms with E-state index in [0.29, 0.717) is 12.2 Å². The first-order chi connectivity index (χ1) is 16.7. The van der Waals surface area contributed by atoms with Gasteiger partial charge in [-0.15, -0.1) is 0 Å². The third-order valence-electron chi connectivity index (χ3n) is 7.66. The first kappa shape index (κ1) is 25.3. The Kier molecular flexibility index (Phi) is 7.30. The maximum atomic E-state index is 12.0. The van der Waals surface area contributed by atoms with Crippen LogP contribution in [0.5, 0.6) is 5.75 Å². The van der Waals surface area contributed by atoms with Gasteiger partial charge in [0, 0.05) is 5.39 Å². The molecule has 0 N–H and O–H groups in total. The summed E-state index contributed by atoms with van der Waals surface area (Å²) in [7, 11) is 1.40. The lowest BCUT2D eigenvalue weighted by Crippen LogP contribution is -2.33. The van der Waals surface area contributed by atoms with Crippen LogP contribution >= 0.6 is 0 Å². The summed E-state index contributed by atoms with van der Waals surface area (Å²) in [5.41, 5.74) is 5.18. The van der Waals surface area contributed by atoms with Crippen LogP contribution in [-0.4, -0.2) is 19.7 Å². The molecule has 1 aliphatic carbocycles. The summed E-state index contributed by atoms with van der Waals surface area (Å²) in [5, 5.41) is 0.880. The second-order valence-electron chi connectivity index (χ2n) is 11.3. The fourth-order valence-corrected chi connectivity index (χ4v) is 5.21. The van der Waals surface area contributed by atoms with Gasteiger partial charge in [0.15, 0.2) is 0 Å². The highest BCUT2D eigenvalue weighted by molar-refractivity contribution is 5.95. The number of benzene rings is 2. The molecule has 0 amide bonds. The number of fused-ring (bicyclic) bond motifs is 2. The third-order valence-corrected chi connectivity index (χ3v) is 7.66. The predicted molar refractivity (Wildman–Crippen MR) is 143 cm³/mol. The van der Waals surface area contributed by atoms with E-state index in [4.69, 9.17) is 13.9 Å². The number of carbonyl (C=O) groups excluding carboxylic acids is 1. The average Bonchev–Trinajstić information content (AvgIpc) is 3.26. The Labute approximate surface area is 210 Å². The van der Waals surface area contributed by atoms with E-state index in [1.807, 2.05) is 18.2 Å². The fourth-order valence-electron chi connectivity index (χ4n) is 5.21. The first-order valence-corrected chi connectivity index (χ1v) is 13.1. The third kappa shape index (κ3) is 5.27. The van der Waals surface area contributed by atoms with Gasteiger partial charge in [-0.25, -0.2) is 4.79 Å². The number of rotatable bonds is 9. The number of esters is 1. The normalized spacial score (nSPS) is 16.2. The minimum absolute atomic E-state index is 0.0857. The van der Waals surface area contributed by atoms with Gasteiger partial charge in [-0.05, 0) is 77.6 Å². The molecule has 4 rings (SSSR count). The number of hydrogen-bond donors (Lipinski definition) is 0. The second-order valence-corrected chi connectivity index (χ2v) is 11.3. The van der Waals surface area contributed by atoms with Gasteiger partial charge in [-0.1, -0.05) is 60.3 Å². The number of furan rings is 1. The van der Waals surface area contributed by atoms with Gasteiger partial charge in [-0.3, -0.25) is 0 Å². The monoisotopic (exact) mass is 476 g/mol. The van der Waals surface area contributed by atoms with Crippen molar-refractivity contribution in [2.24, 2.45) is 0 Å². The summed E-state index contributed by atoms with van der Waals surface area (Å²) in [5.74, 6) is 1.31. The molecular weight excluding hydrogens is 436 g/mol. The van der Waals surface area contributed by atoms with Crippen LogP contribution in [0.25, 0.3) is 22.3 Å². The lowest BCUT2D eigenvalue weighted by molar-refractivity contribution is 0.0601. The second kappa shape index (κ2) is 10.1. The number of methoxy groups -OCH3 is 1. The molecule has 188 valence electrons. The lowest BCUT2D eigenvalue weighted by Gasteiger charge is -2.42. The predicted octanol–water partition coefficient (Wildman–Crippen LogP) is 8.58. The average molecular weight is 477 g/mol. The Bertz CT molecular complexity index is 1200. The van der Waals surface area contributed by atoms with Crippen LogP contribution in [0.2, 0.25) is 0 Å². The van der Waals surface area contributed by atoms with Crippen LogP contribution < -0.4 is 4.74 Å². The number of ether oxygens (including phenoxy) is 2. The zero-order valence-corrected chi connectivity index (χ0v) is 22.3. The van der Waals surface area contributed by atoms with Crippen LogP contribution in [0.3, 0.4) is 0 Å². The molecular formula is C31H40O4. The molecule has 0 saturated heterocycles. The van der Waals surface area contributed by atoms with Crippen molar-refractivity contribution in [2.75, 3.05) is 13.7 Å². The molecule has 1 heterocycles. The van der Waals surface area contributed by atoms with Crippen LogP contribution in [0.4, 0.5) is 0 Å². The lowest BCUT2D eigenvalue weighted by atomic mass is 9.63. The maximum Gasteiger partial charge on any atom is 0.337 e. The van der Waals surface area contributed by atoms with Crippen molar-refractivity contribution in [3.63, 3.8) is 0 Å². The summed E-state index contributed by atoms with van der Waals surface area (Å²) in [6.07, 6.45) is 8.31. The van der Waals surface area contributed by atoms with Crippen LogP contribution in [0.15, 0.2) is 40.8 Å². The highest BCUT2D eigenvalue weighted by atomic mass is 16.5. The van der Waals surface area contributed by atoms with Crippen molar-refractivity contribution >= 4 is 16.9 Å². The van der Waals surface area contributed by atoms with E-state index in [2.05, 4.69) is 46.8 Å². The number of carbonyl (C=O) groups is 1. The number of hydrogen-bond acceptors (Lipinski definition) is 4. The van der Waals surface area contributed by atoms with Crippen LogP contribution in [0, 0.1) is 0 Å². The highest BCUT2D eigenvalue weighted by Crippen LogP contribution is 2.49. The van der Waals surface area contributed by atoms with Crippen molar-refractivity contribution in [1.82, 2.24) is 0 Å². The van der Waals surface area contributed by atoms with Gasteiger partial charge >= 0.3 is 5.97 Å². The van der Waals surface area contributed by atoms with E-state index in [9.17, 15) is 4.79 Å². The Morgan fingerprint density at radius 2 is 1.60 bits per heavy atom. The van der Waals surface area contributed by atoms with Gasteiger partial charge in [-0.2, -0.15) is 0 Å². The summed E-state index contributed by atoms with van der Waals surface area (Å²) >= 11 is 0. The SMILES string of the molecule is CCCCCCCOc1cc2c(cc1-c1cc3cc(C(=O)OC)ccc3o1)C(C)(C)CCC2(C)C. The topological polar surface area (TPSA) is 48.7 Å². The van der Waals surface area contributed by atoms with E-state index in [1.54, 1.807) is 6.07 Å². The molecule has 1 aromatic heterocycles. The van der Waals surface area contributed by atoms with Crippen LogP contribution in [-0.2, 0) is 15.6 Å². The van der Waals surface area contributed by atoms with Crippen molar-refractivity contribution in [3.05, 3.63) is 53.1 Å². The highest BCUT2D eigenvalue weighted by Gasteiger charge is 2.38. The van der Waals surface area contributed by atoms with Gasteiger partial charge in [0.1, 0.15) is 17.1 Å². The standard InChI is InChI=1S/C31H40O4/c1-7-8-9-10-11-16-34-27-20-25-24(30(2,3)14-15-31(25,4)5)19-23(27)28-18-22-17-21(29(32)33-6)12-13-26(22)35-28/h12-13,17-20H,7-11,14-16H2,1-6H3. The molecule has 35 heavy (non-hydrogen) atoms. The number of unbranched alkanes of at least 4 members (excludes halogenated alkanes) is 4. The van der Waals surface area contributed by atoms with Crippen molar-refractivity contribution in [3.8, 4) is 17.1 Å². The molecule has 0 unspecified atom stereocenters. The Morgan fingerprint density at radius 3 is 2.29 bits per heavy atom. The molecule has 0 saturated carbocycles. The van der Waals surface area contributed by atoms with Gasteiger partial charge in [0.2, 0.25) is 0 Å². The Hall–Kier alpha value is -2.75. The molecule has 0 aliphatic heterocycles. The molecule has 4 nitrogen and oxygen atoms in total. The molecule has 3 aromatic rings. The first-order valence-electron chi connectivity index (χ1n) is 13.1. The minimum Gasteiger partial charge on any atom is -0.493 e. The molecule has 0 bridgehead atoms. The van der Waals surface area contributed by atoms with E-state index in [-0.39, 0.29) is 16.8 Å².